The number of esters is 1. The van der Waals surface area contributed by atoms with Crippen LogP contribution in [-0.4, -0.2) is 35.2 Å². The van der Waals surface area contributed by atoms with Crippen LogP contribution in [0.25, 0.3) is 0 Å². The maximum atomic E-state index is 13.9. The van der Waals surface area contributed by atoms with Gasteiger partial charge in [-0.05, 0) is 37.3 Å². The van der Waals surface area contributed by atoms with Gasteiger partial charge in [-0.1, -0.05) is 0 Å². The molecule has 2 aromatic rings. The molecule has 148 valence electrons. The van der Waals surface area contributed by atoms with Crippen molar-refractivity contribution < 1.29 is 31.8 Å². The molecule has 3 rings (SSSR count). The van der Waals surface area contributed by atoms with E-state index in [2.05, 4.69) is 0 Å². The van der Waals surface area contributed by atoms with E-state index in [9.17, 15) is 17.6 Å². The lowest BCUT2D eigenvalue weighted by Crippen LogP contribution is -2.27. The van der Waals surface area contributed by atoms with Gasteiger partial charge in [-0.3, -0.25) is 0 Å². The standard InChI is InChI=1S/C19H18FNO6S/c1-4-27-19(22)18-11-21(14-7-6-13(25-2)10-16(14)26-3)15-9-12(20)5-8-17(15)28(18,23)24/h5-11H,4H2,1-3H3. The van der Waals surface area contributed by atoms with E-state index in [0.717, 1.165) is 24.4 Å². The topological polar surface area (TPSA) is 82.1 Å². The van der Waals surface area contributed by atoms with E-state index in [1.807, 2.05) is 0 Å². The van der Waals surface area contributed by atoms with Crippen LogP contribution in [0.3, 0.4) is 0 Å². The third-order valence-electron chi connectivity index (χ3n) is 4.13. The Morgan fingerprint density at radius 3 is 2.46 bits per heavy atom. The van der Waals surface area contributed by atoms with Gasteiger partial charge >= 0.3 is 5.97 Å². The maximum Gasteiger partial charge on any atom is 0.351 e. The number of ether oxygens (including phenoxy) is 3. The van der Waals surface area contributed by atoms with Gasteiger partial charge < -0.3 is 19.1 Å². The highest BCUT2D eigenvalue weighted by atomic mass is 32.2. The lowest BCUT2D eigenvalue weighted by molar-refractivity contribution is -0.137. The minimum absolute atomic E-state index is 0.00776. The van der Waals surface area contributed by atoms with Gasteiger partial charge in [0.1, 0.15) is 17.3 Å². The molecule has 9 heteroatoms. The zero-order chi connectivity index (χ0) is 20.5. The van der Waals surface area contributed by atoms with Crippen molar-refractivity contribution in [2.24, 2.45) is 0 Å². The largest absolute Gasteiger partial charge is 0.497 e. The molecule has 0 fully saturated rings. The molecule has 1 aliphatic rings. The first-order chi connectivity index (χ1) is 13.3. The van der Waals surface area contributed by atoms with Crippen molar-refractivity contribution >= 4 is 27.2 Å². The number of carbonyl (C=O) groups is 1. The van der Waals surface area contributed by atoms with E-state index >= 15 is 0 Å². The van der Waals surface area contributed by atoms with Crippen molar-refractivity contribution in [3.05, 3.63) is 53.3 Å². The van der Waals surface area contributed by atoms with E-state index in [4.69, 9.17) is 14.2 Å². The predicted octanol–water partition coefficient (Wildman–Crippen LogP) is 3.17. The van der Waals surface area contributed by atoms with Gasteiger partial charge in [-0.25, -0.2) is 17.6 Å². The molecule has 1 heterocycles. The summed E-state index contributed by atoms with van der Waals surface area (Å²) in [6, 6.07) is 8.06. The maximum absolute atomic E-state index is 13.9. The van der Waals surface area contributed by atoms with Crippen LogP contribution in [0.1, 0.15) is 6.92 Å². The van der Waals surface area contributed by atoms with Crippen molar-refractivity contribution in [2.75, 3.05) is 25.7 Å². The minimum Gasteiger partial charge on any atom is -0.497 e. The van der Waals surface area contributed by atoms with Gasteiger partial charge in [-0.15, -0.1) is 0 Å². The molecule has 0 unspecified atom stereocenters. The van der Waals surface area contributed by atoms with E-state index in [0.29, 0.717) is 17.2 Å². The highest BCUT2D eigenvalue weighted by molar-refractivity contribution is 7.96. The molecule has 2 aromatic carbocycles. The van der Waals surface area contributed by atoms with Crippen LogP contribution < -0.4 is 14.4 Å². The number of anilines is 2. The summed E-state index contributed by atoms with van der Waals surface area (Å²) in [6.07, 6.45) is 1.11. The van der Waals surface area contributed by atoms with Crippen LogP contribution in [0.2, 0.25) is 0 Å². The molecule has 0 aliphatic carbocycles. The van der Waals surface area contributed by atoms with E-state index < -0.39 is 26.5 Å². The summed E-state index contributed by atoms with van der Waals surface area (Å²) in [4.78, 5) is 12.9. The summed E-state index contributed by atoms with van der Waals surface area (Å²) < 4.78 is 55.2. The average Bonchev–Trinajstić information content (AvgIpc) is 2.67. The number of benzene rings is 2. The van der Waals surface area contributed by atoms with Crippen LogP contribution in [-0.2, 0) is 19.4 Å². The van der Waals surface area contributed by atoms with E-state index in [-0.39, 0.29) is 17.2 Å². The van der Waals surface area contributed by atoms with Crippen molar-refractivity contribution in [3.63, 3.8) is 0 Å². The second-order valence-corrected chi connectivity index (χ2v) is 7.62. The molecule has 0 N–H and O–H groups in total. The molecule has 0 saturated carbocycles. The predicted molar refractivity (Wildman–Crippen MR) is 100.0 cm³/mol. The molecule has 0 atom stereocenters. The van der Waals surface area contributed by atoms with Gasteiger partial charge in [0.25, 0.3) is 0 Å². The van der Waals surface area contributed by atoms with Crippen LogP contribution in [0, 0.1) is 5.82 Å². The molecule has 1 aliphatic heterocycles. The van der Waals surface area contributed by atoms with Gasteiger partial charge in [-0.2, -0.15) is 0 Å². The smallest absolute Gasteiger partial charge is 0.351 e. The number of nitrogens with zero attached hydrogens (tertiary/aromatic N) is 1. The SMILES string of the molecule is CCOC(=O)C1=CN(c2ccc(OC)cc2OC)c2cc(F)ccc2S1(=O)=O. The summed E-state index contributed by atoms with van der Waals surface area (Å²) >= 11 is 0. The normalized spacial score (nSPS) is 14.7. The number of carbonyl (C=O) groups excluding carboxylic acids is 1. The van der Waals surface area contributed by atoms with E-state index in [1.54, 1.807) is 25.1 Å². The number of rotatable bonds is 5. The lowest BCUT2D eigenvalue weighted by Gasteiger charge is -2.29. The Morgan fingerprint density at radius 1 is 1.07 bits per heavy atom. The molecule has 7 nitrogen and oxygen atoms in total. The number of sulfone groups is 1. The van der Waals surface area contributed by atoms with Gasteiger partial charge in [0.2, 0.25) is 9.84 Å². The summed E-state index contributed by atoms with van der Waals surface area (Å²) in [5.41, 5.74) is 0.448. The molecule has 28 heavy (non-hydrogen) atoms. The minimum atomic E-state index is -4.18. The zero-order valence-electron chi connectivity index (χ0n) is 15.4. The second kappa shape index (κ2) is 7.51. The van der Waals surface area contributed by atoms with Crippen LogP contribution >= 0.6 is 0 Å². The second-order valence-electron chi connectivity index (χ2n) is 5.74. The molecule has 0 aromatic heterocycles. The molecular formula is C19H18FNO6S. The number of hydrogen-bond donors (Lipinski definition) is 0. The number of methoxy groups -OCH3 is 2. The summed E-state index contributed by atoms with van der Waals surface area (Å²) in [5.74, 6) is -0.762. The molecule has 0 spiro atoms. The Balaban J connectivity index is 2.28. The number of fused-ring (bicyclic) bond motifs is 1. The first-order valence-corrected chi connectivity index (χ1v) is 9.76. The number of halogens is 1. The highest BCUT2D eigenvalue weighted by Gasteiger charge is 2.37. The van der Waals surface area contributed by atoms with Crippen molar-refractivity contribution in [2.45, 2.75) is 11.8 Å². The zero-order valence-corrected chi connectivity index (χ0v) is 16.2. The summed E-state index contributed by atoms with van der Waals surface area (Å²) in [7, 11) is -1.26. The Kier molecular flexibility index (Phi) is 5.28. The quantitative estimate of drug-likeness (QED) is 0.556. The molecular weight excluding hydrogens is 389 g/mol. The molecule has 0 saturated heterocycles. The van der Waals surface area contributed by atoms with Crippen molar-refractivity contribution in [3.8, 4) is 11.5 Å². The fourth-order valence-corrected chi connectivity index (χ4v) is 4.27. The third-order valence-corrected chi connectivity index (χ3v) is 5.90. The van der Waals surface area contributed by atoms with Crippen molar-refractivity contribution in [1.82, 2.24) is 0 Å². The summed E-state index contributed by atoms with van der Waals surface area (Å²) in [5, 5.41) is 0. The first-order valence-electron chi connectivity index (χ1n) is 8.28. The van der Waals surface area contributed by atoms with Crippen molar-refractivity contribution in [1.29, 1.82) is 0 Å². The first kappa shape index (κ1) is 19.7. The monoisotopic (exact) mass is 407 g/mol. The summed E-state index contributed by atoms with van der Waals surface area (Å²) in [6.45, 7) is 1.58. The fourth-order valence-electron chi connectivity index (χ4n) is 2.83. The van der Waals surface area contributed by atoms with Gasteiger partial charge in [0, 0.05) is 12.3 Å². The Morgan fingerprint density at radius 2 is 1.82 bits per heavy atom. The Bertz CT molecular complexity index is 1060. The molecule has 0 radical (unpaired) electrons. The molecule has 0 bridgehead atoms. The van der Waals surface area contributed by atoms with Gasteiger partial charge in [0.15, 0.2) is 4.91 Å². The van der Waals surface area contributed by atoms with Gasteiger partial charge in [0.05, 0.1) is 37.1 Å². The Hall–Kier alpha value is -3.07. The Labute approximate surface area is 161 Å². The fraction of sp³-hybridized carbons (Fsp3) is 0.211. The number of hydrogen-bond acceptors (Lipinski definition) is 7. The van der Waals surface area contributed by atoms with E-state index in [1.165, 1.54) is 19.1 Å². The van der Waals surface area contributed by atoms with Crippen LogP contribution in [0.15, 0.2) is 52.4 Å². The highest BCUT2D eigenvalue weighted by Crippen LogP contribution is 2.44. The van der Waals surface area contributed by atoms with Crippen LogP contribution in [0.5, 0.6) is 11.5 Å². The third kappa shape index (κ3) is 3.29. The average molecular weight is 407 g/mol. The van der Waals surface area contributed by atoms with Crippen LogP contribution in [0.4, 0.5) is 15.8 Å². The molecule has 0 amide bonds. The lowest BCUT2D eigenvalue weighted by atomic mass is 10.2.